The summed E-state index contributed by atoms with van der Waals surface area (Å²) in [5, 5.41) is 21.5. The summed E-state index contributed by atoms with van der Waals surface area (Å²) in [5.41, 5.74) is 6.34. The lowest BCUT2D eigenvalue weighted by Crippen LogP contribution is -2.58. The molecule has 0 aliphatic carbocycles. The number of piperazine rings is 1. The number of hydrogen-bond acceptors (Lipinski definition) is 9. The summed E-state index contributed by atoms with van der Waals surface area (Å²) in [4.78, 5) is 27.5. The number of nitrogen functional groups attached to an aromatic ring is 1. The summed E-state index contributed by atoms with van der Waals surface area (Å²) in [6.07, 6.45) is 2.76. The van der Waals surface area contributed by atoms with Gasteiger partial charge in [0.1, 0.15) is 0 Å². The van der Waals surface area contributed by atoms with Gasteiger partial charge in [-0.2, -0.15) is 4.39 Å². The molecule has 13 heteroatoms. The molecule has 0 unspecified atom stereocenters. The van der Waals surface area contributed by atoms with Gasteiger partial charge in [-0.1, -0.05) is 24.6 Å². The number of amides is 1. The van der Waals surface area contributed by atoms with Gasteiger partial charge in [-0.05, 0) is 38.4 Å². The summed E-state index contributed by atoms with van der Waals surface area (Å²) in [6.45, 7) is 6.10. The van der Waals surface area contributed by atoms with Crippen LogP contribution in [-0.4, -0.2) is 93.8 Å². The minimum absolute atomic E-state index is 0.0187. The molecule has 1 amide bonds. The van der Waals surface area contributed by atoms with Gasteiger partial charge in [0, 0.05) is 50.4 Å². The summed E-state index contributed by atoms with van der Waals surface area (Å²) in [5.74, 6) is -2.98. The average molecular weight is 554 g/mol. The maximum Gasteiger partial charge on any atom is 0.273 e. The molecule has 0 radical (unpaired) electrons. The summed E-state index contributed by atoms with van der Waals surface area (Å²) >= 11 is 6.42. The van der Waals surface area contributed by atoms with Crippen LogP contribution in [0.4, 0.5) is 20.4 Å². The van der Waals surface area contributed by atoms with Crippen LogP contribution < -0.4 is 16.0 Å². The quantitative estimate of drug-likeness (QED) is 0.387. The van der Waals surface area contributed by atoms with Gasteiger partial charge in [0.2, 0.25) is 5.82 Å². The molecule has 5 N–H and O–H groups in total. The second kappa shape index (κ2) is 12.4. The van der Waals surface area contributed by atoms with Crippen molar-refractivity contribution in [1.82, 2.24) is 25.1 Å². The molecule has 10 nitrogen and oxygen atoms in total. The number of piperidine rings is 1. The Morgan fingerprint density at radius 1 is 1.21 bits per heavy atom. The molecule has 2 fully saturated rings. The van der Waals surface area contributed by atoms with E-state index in [1.54, 1.807) is 0 Å². The number of likely N-dealkylation sites (tertiary alicyclic amines) is 1. The number of nitrogens with one attached hydrogen (secondary N) is 1. The van der Waals surface area contributed by atoms with E-state index in [-0.39, 0.29) is 35.9 Å². The Morgan fingerprint density at radius 2 is 1.95 bits per heavy atom. The molecule has 2 saturated heterocycles. The Labute approximate surface area is 225 Å². The minimum atomic E-state index is -1.20. The first-order valence-corrected chi connectivity index (χ1v) is 13.2. The van der Waals surface area contributed by atoms with Crippen molar-refractivity contribution in [3.8, 4) is 5.75 Å². The van der Waals surface area contributed by atoms with Crippen molar-refractivity contribution in [2.24, 2.45) is 0 Å². The normalized spacial score (nSPS) is 19.6. The van der Waals surface area contributed by atoms with E-state index in [2.05, 4.69) is 32.0 Å². The first-order chi connectivity index (χ1) is 18.2. The number of carbonyl (C=O) groups is 1. The van der Waals surface area contributed by atoms with Gasteiger partial charge in [0.25, 0.3) is 5.91 Å². The monoisotopic (exact) mass is 553 g/mol. The fourth-order valence-corrected chi connectivity index (χ4v) is 5.55. The third-order valence-corrected chi connectivity index (χ3v) is 7.60. The van der Waals surface area contributed by atoms with Crippen LogP contribution >= 0.6 is 11.6 Å². The molecular formula is C25H34ClF2N7O3. The van der Waals surface area contributed by atoms with Crippen LogP contribution in [-0.2, 0) is 6.54 Å². The third-order valence-electron chi connectivity index (χ3n) is 7.35. The molecule has 1 aromatic heterocycles. The largest absolute Gasteiger partial charge is 0.505 e. The van der Waals surface area contributed by atoms with Crippen molar-refractivity contribution in [2.45, 2.75) is 44.8 Å². The Balaban J connectivity index is 1.36. The Hall–Kier alpha value is -2.80. The number of rotatable bonds is 8. The summed E-state index contributed by atoms with van der Waals surface area (Å²) < 4.78 is 27.1. The fourth-order valence-electron chi connectivity index (χ4n) is 5.30. The number of aliphatic hydroxyl groups excluding tert-OH is 1. The number of aromatic hydroxyl groups is 1. The molecule has 2 aliphatic rings. The van der Waals surface area contributed by atoms with Crippen molar-refractivity contribution in [3.05, 3.63) is 40.2 Å². The minimum Gasteiger partial charge on any atom is -0.505 e. The zero-order chi connectivity index (χ0) is 27.4. The molecule has 38 heavy (non-hydrogen) atoms. The molecule has 3 heterocycles. The van der Waals surface area contributed by atoms with Gasteiger partial charge in [-0.15, -0.1) is 0 Å². The number of aromatic nitrogens is 2. The highest BCUT2D eigenvalue weighted by molar-refractivity contribution is 6.32. The van der Waals surface area contributed by atoms with Crippen LogP contribution in [0.1, 0.15) is 42.2 Å². The lowest BCUT2D eigenvalue weighted by atomic mass is 9.97. The number of phenols is 1. The maximum atomic E-state index is 13.7. The average Bonchev–Trinajstić information content (AvgIpc) is 2.93. The Morgan fingerprint density at radius 3 is 2.63 bits per heavy atom. The second-order valence-electron chi connectivity index (χ2n) is 9.67. The maximum absolute atomic E-state index is 13.7. The summed E-state index contributed by atoms with van der Waals surface area (Å²) in [6, 6.07) is 3.11. The standard InChI is InChI=1S/C25H34ClF2N7O3/c1-2-16-14-34(24-22(26)31-20(23(29)32-24)25(38)30-7-12-36)10-11-35(16)17-5-8-33(9-6-17)13-15-3-4-18(27)19(28)21(15)37/h3-4,16-17,36-37H,2,5-14H2,1H3,(H2,29,32)(H,30,38)/t16-/m0/s1. The SMILES string of the molecule is CC[C@H]1CN(c2nc(N)c(C(=O)NCCO)nc2Cl)CCN1C1CCN(Cc2ccc(F)c(F)c2O)CC1. The molecule has 0 saturated carbocycles. The predicted molar refractivity (Wildman–Crippen MR) is 140 cm³/mol. The number of aliphatic hydroxyl groups is 1. The van der Waals surface area contributed by atoms with E-state index >= 15 is 0 Å². The molecule has 208 valence electrons. The van der Waals surface area contributed by atoms with Crippen molar-refractivity contribution in [2.75, 3.05) is 56.5 Å². The molecule has 0 spiro atoms. The number of nitrogens with zero attached hydrogens (tertiary/aromatic N) is 5. The molecule has 1 aromatic carbocycles. The van der Waals surface area contributed by atoms with E-state index in [0.717, 1.165) is 45.0 Å². The Kier molecular flexibility index (Phi) is 9.19. The smallest absolute Gasteiger partial charge is 0.273 e. The zero-order valence-corrected chi connectivity index (χ0v) is 22.1. The number of carbonyl (C=O) groups excluding carboxylic acids is 1. The first kappa shape index (κ1) is 28.2. The van der Waals surface area contributed by atoms with Gasteiger partial charge < -0.3 is 26.2 Å². The second-order valence-corrected chi connectivity index (χ2v) is 10.0. The fraction of sp³-hybridized carbons (Fsp3) is 0.560. The van der Waals surface area contributed by atoms with Crippen LogP contribution in [0, 0.1) is 11.6 Å². The van der Waals surface area contributed by atoms with E-state index in [1.165, 1.54) is 6.07 Å². The zero-order valence-electron chi connectivity index (χ0n) is 21.3. The van der Waals surface area contributed by atoms with Crippen molar-refractivity contribution in [1.29, 1.82) is 0 Å². The highest BCUT2D eigenvalue weighted by atomic mass is 35.5. The molecule has 0 bridgehead atoms. The lowest BCUT2D eigenvalue weighted by Gasteiger charge is -2.47. The predicted octanol–water partition coefficient (Wildman–Crippen LogP) is 1.98. The van der Waals surface area contributed by atoms with Gasteiger partial charge in [0.05, 0.1) is 6.61 Å². The number of halogens is 3. The number of nitrogens with two attached hydrogens (primary N) is 1. The summed E-state index contributed by atoms with van der Waals surface area (Å²) in [7, 11) is 0. The van der Waals surface area contributed by atoms with E-state index in [9.17, 15) is 18.7 Å². The van der Waals surface area contributed by atoms with Crippen LogP contribution in [0.15, 0.2) is 12.1 Å². The van der Waals surface area contributed by atoms with E-state index < -0.39 is 23.3 Å². The number of phenolic OH excluding ortho intramolecular Hbond substituents is 1. The van der Waals surface area contributed by atoms with E-state index in [4.69, 9.17) is 22.4 Å². The van der Waals surface area contributed by atoms with E-state index in [1.807, 2.05) is 4.90 Å². The topological polar surface area (TPSA) is 131 Å². The highest BCUT2D eigenvalue weighted by Gasteiger charge is 2.34. The van der Waals surface area contributed by atoms with Gasteiger partial charge in [-0.3, -0.25) is 14.6 Å². The lowest BCUT2D eigenvalue weighted by molar-refractivity contribution is 0.0608. The Bertz CT molecular complexity index is 1150. The first-order valence-electron chi connectivity index (χ1n) is 12.8. The third kappa shape index (κ3) is 6.09. The van der Waals surface area contributed by atoms with Gasteiger partial charge >= 0.3 is 0 Å². The number of hydrogen-bond donors (Lipinski definition) is 4. The van der Waals surface area contributed by atoms with Gasteiger partial charge in [-0.25, -0.2) is 14.4 Å². The van der Waals surface area contributed by atoms with Gasteiger partial charge in [0.15, 0.2) is 34.0 Å². The highest BCUT2D eigenvalue weighted by Crippen LogP contribution is 2.31. The molecule has 2 aliphatic heterocycles. The molecule has 4 rings (SSSR count). The van der Waals surface area contributed by atoms with Crippen LogP contribution in [0.25, 0.3) is 0 Å². The van der Waals surface area contributed by atoms with Crippen molar-refractivity contribution in [3.63, 3.8) is 0 Å². The number of anilines is 2. The van der Waals surface area contributed by atoms with Crippen molar-refractivity contribution >= 4 is 29.1 Å². The molecule has 2 aromatic rings. The molecule has 1 atom stereocenters. The van der Waals surface area contributed by atoms with Crippen LogP contribution in [0.2, 0.25) is 5.15 Å². The van der Waals surface area contributed by atoms with Crippen molar-refractivity contribution < 1.29 is 23.8 Å². The molecular weight excluding hydrogens is 520 g/mol. The van der Waals surface area contributed by atoms with Crippen LogP contribution in [0.3, 0.4) is 0 Å². The van der Waals surface area contributed by atoms with E-state index in [0.29, 0.717) is 37.1 Å². The van der Waals surface area contributed by atoms with Crippen LogP contribution in [0.5, 0.6) is 5.75 Å². The number of benzene rings is 1.